The standard InChI is InChI=1S/C24H30Cl2N2O3/c1-14(2)27-24(30)18(6)28(12-19-7-8-20(25)11-21(19)26)23(29)13-31-22-10-15(3)9-16(4)17(22)5/h7-11,14,18H,12-13H2,1-6H3,(H,27,30)/t18-/m0/s1. The van der Waals surface area contributed by atoms with Crippen LogP contribution in [0.4, 0.5) is 0 Å². The highest BCUT2D eigenvalue weighted by Gasteiger charge is 2.27. The summed E-state index contributed by atoms with van der Waals surface area (Å²) >= 11 is 12.3. The number of hydrogen-bond donors (Lipinski definition) is 1. The molecule has 2 rings (SSSR count). The van der Waals surface area contributed by atoms with Crippen LogP contribution in [-0.2, 0) is 16.1 Å². The van der Waals surface area contributed by atoms with E-state index in [1.54, 1.807) is 25.1 Å². The molecule has 0 aliphatic rings. The molecule has 5 nitrogen and oxygen atoms in total. The average molecular weight is 465 g/mol. The van der Waals surface area contributed by atoms with Crippen LogP contribution in [0.15, 0.2) is 30.3 Å². The summed E-state index contributed by atoms with van der Waals surface area (Å²) in [5.41, 5.74) is 3.83. The van der Waals surface area contributed by atoms with Crippen molar-refractivity contribution in [2.45, 2.75) is 60.2 Å². The van der Waals surface area contributed by atoms with Gasteiger partial charge in [0, 0.05) is 22.6 Å². The van der Waals surface area contributed by atoms with Gasteiger partial charge in [0.25, 0.3) is 5.91 Å². The van der Waals surface area contributed by atoms with Crippen LogP contribution in [0.1, 0.15) is 43.0 Å². The van der Waals surface area contributed by atoms with E-state index < -0.39 is 6.04 Å². The molecule has 0 heterocycles. The first-order chi connectivity index (χ1) is 14.5. The molecule has 0 fully saturated rings. The number of hydrogen-bond acceptors (Lipinski definition) is 3. The lowest BCUT2D eigenvalue weighted by molar-refractivity contribution is -0.142. The van der Waals surface area contributed by atoms with Gasteiger partial charge in [0.15, 0.2) is 6.61 Å². The number of aryl methyl sites for hydroxylation is 2. The minimum atomic E-state index is -0.703. The first kappa shape index (κ1) is 25.0. The Hall–Kier alpha value is -2.24. The molecule has 0 radical (unpaired) electrons. The van der Waals surface area contributed by atoms with E-state index in [-0.39, 0.29) is 31.0 Å². The van der Waals surface area contributed by atoms with Gasteiger partial charge in [-0.3, -0.25) is 9.59 Å². The summed E-state index contributed by atoms with van der Waals surface area (Å²) in [6.07, 6.45) is 0. The Morgan fingerprint density at radius 2 is 1.74 bits per heavy atom. The second-order valence-electron chi connectivity index (χ2n) is 8.09. The SMILES string of the molecule is Cc1cc(C)c(C)c(OCC(=O)N(Cc2ccc(Cl)cc2Cl)[C@@H](C)C(=O)NC(C)C)c1. The molecule has 0 aliphatic heterocycles. The molecule has 168 valence electrons. The van der Waals surface area contributed by atoms with Gasteiger partial charge in [0.2, 0.25) is 5.91 Å². The monoisotopic (exact) mass is 464 g/mol. The van der Waals surface area contributed by atoms with Crippen molar-refractivity contribution < 1.29 is 14.3 Å². The van der Waals surface area contributed by atoms with Crippen LogP contribution in [0, 0.1) is 20.8 Å². The van der Waals surface area contributed by atoms with Crippen molar-refractivity contribution >= 4 is 35.0 Å². The molecule has 0 bridgehead atoms. The maximum Gasteiger partial charge on any atom is 0.261 e. The lowest BCUT2D eigenvalue weighted by Crippen LogP contribution is -2.50. The summed E-state index contributed by atoms with van der Waals surface area (Å²) in [7, 11) is 0. The summed E-state index contributed by atoms with van der Waals surface area (Å²) in [4.78, 5) is 27.3. The molecular formula is C24H30Cl2N2O3. The third-order valence-electron chi connectivity index (χ3n) is 5.07. The zero-order valence-corrected chi connectivity index (χ0v) is 20.4. The molecule has 0 aromatic heterocycles. The summed E-state index contributed by atoms with van der Waals surface area (Å²) in [5.74, 6) is 0.113. The first-order valence-electron chi connectivity index (χ1n) is 10.2. The highest BCUT2D eigenvalue weighted by molar-refractivity contribution is 6.35. The van der Waals surface area contributed by atoms with E-state index in [9.17, 15) is 9.59 Å². The molecule has 2 amide bonds. The second-order valence-corrected chi connectivity index (χ2v) is 8.93. The highest BCUT2D eigenvalue weighted by Crippen LogP contribution is 2.25. The Bertz CT molecular complexity index is 960. The van der Waals surface area contributed by atoms with E-state index in [1.165, 1.54) is 4.90 Å². The predicted molar refractivity (Wildman–Crippen MR) is 126 cm³/mol. The summed E-state index contributed by atoms with van der Waals surface area (Å²) in [5, 5.41) is 3.80. The van der Waals surface area contributed by atoms with Crippen LogP contribution in [0.25, 0.3) is 0 Å². The van der Waals surface area contributed by atoms with E-state index >= 15 is 0 Å². The number of nitrogens with one attached hydrogen (secondary N) is 1. The number of halogens is 2. The topological polar surface area (TPSA) is 58.6 Å². The number of carbonyl (C=O) groups excluding carboxylic acids is 2. The van der Waals surface area contributed by atoms with Gasteiger partial charge < -0.3 is 15.0 Å². The molecule has 7 heteroatoms. The molecule has 0 saturated carbocycles. The van der Waals surface area contributed by atoms with Gasteiger partial charge in [0.1, 0.15) is 11.8 Å². The number of ether oxygens (including phenoxy) is 1. The maximum absolute atomic E-state index is 13.2. The van der Waals surface area contributed by atoms with Crippen molar-refractivity contribution in [3.8, 4) is 5.75 Å². The molecule has 2 aromatic carbocycles. The minimum Gasteiger partial charge on any atom is -0.483 e. The first-order valence-corrected chi connectivity index (χ1v) is 11.0. The highest BCUT2D eigenvalue weighted by atomic mass is 35.5. The van der Waals surface area contributed by atoms with Gasteiger partial charge in [-0.25, -0.2) is 0 Å². The fraction of sp³-hybridized carbons (Fsp3) is 0.417. The third kappa shape index (κ3) is 6.88. The Morgan fingerprint density at radius 1 is 1.06 bits per heavy atom. The predicted octanol–water partition coefficient (Wildman–Crippen LogP) is 5.24. The Balaban J connectivity index is 2.26. The number of nitrogens with zero attached hydrogens (tertiary/aromatic N) is 1. The number of carbonyl (C=O) groups is 2. The lowest BCUT2D eigenvalue weighted by Gasteiger charge is -2.29. The fourth-order valence-electron chi connectivity index (χ4n) is 3.19. The molecule has 0 saturated heterocycles. The largest absolute Gasteiger partial charge is 0.483 e. The number of rotatable bonds is 8. The van der Waals surface area contributed by atoms with Crippen LogP contribution in [-0.4, -0.2) is 35.4 Å². The fourth-order valence-corrected chi connectivity index (χ4v) is 3.66. The average Bonchev–Trinajstić information content (AvgIpc) is 2.67. The zero-order chi connectivity index (χ0) is 23.3. The maximum atomic E-state index is 13.2. The smallest absolute Gasteiger partial charge is 0.261 e. The van der Waals surface area contributed by atoms with Crippen molar-refractivity contribution in [3.63, 3.8) is 0 Å². The summed E-state index contributed by atoms with van der Waals surface area (Å²) < 4.78 is 5.86. The minimum absolute atomic E-state index is 0.0415. The molecule has 0 spiro atoms. The molecule has 1 N–H and O–H groups in total. The van der Waals surface area contributed by atoms with E-state index in [0.717, 1.165) is 16.7 Å². The summed E-state index contributed by atoms with van der Waals surface area (Å²) in [6.45, 7) is 11.4. The van der Waals surface area contributed by atoms with Gasteiger partial charge in [-0.15, -0.1) is 0 Å². The Morgan fingerprint density at radius 3 is 2.35 bits per heavy atom. The van der Waals surface area contributed by atoms with Crippen LogP contribution >= 0.6 is 23.2 Å². The van der Waals surface area contributed by atoms with Gasteiger partial charge in [-0.2, -0.15) is 0 Å². The van der Waals surface area contributed by atoms with Crippen LogP contribution < -0.4 is 10.1 Å². The van der Waals surface area contributed by atoms with Crippen LogP contribution in [0.2, 0.25) is 10.0 Å². The Kier molecular flexibility index (Phi) is 8.78. The van der Waals surface area contributed by atoms with E-state index in [2.05, 4.69) is 11.4 Å². The van der Waals surface area contributed by atoms with E-state index in [4.69, 9.17) is 27.9 Å². The molecule has 0 unspecified atom stereocenters. The summed E-state index contributed by atoms with van der Waals surface area (Å²) in [6, 6.07) is 8.31. The molecule has 2 aromatic rings. The van der Waals surface area contributed by atoms with Crippen molar-refractivity contribution in [3.05, 3.63) is 62.6 Å². The number of amides is 2. The van der Waals surface area contributed by atoms with Gasteiger partial charge >= 0.3 is 0 Å². The van der Waals surface area contributed by atoms with E-state index in [0.29, 0.717) is 21.4 Å². The molecule has 1 atom stereocenters. The van der Waals surface area contributed by atoms with Gasteiger partial charge in [-0.1, -0.05) is 35.3 Å². The van der Waals surface area contributed by atoms with Crippen molar-refractivity contribution in [1.29, 1.82) is 0 Å². The van der Waals surface area contributed by atoms with Crippen LogP contribution in [0.5, 0.6) is 5.75 Å². The van der Waals surface area contributed by atoms with Gasteiger partial charge in [0.05, 0.1) is 0 Å². The lowest BCUT2D eigenvalue weighted by atomic mass is 10.1. The zero-order valence-electron chi connectivity index (χ0n) is 18.9. The molecule has 31 heavy (non-hydrogen) atoms. The van der Waals surface area contributed by atoms with Crippen molar-refractivity contribution in [2.24, 2.45) is 0 Å². The normalized spacial score (nSPS) is 11.9. The molecular weight excluding hydrogens is 435 g/mol. The quantitative estimate of drug-likeness (QED) is 0.580. The molecule has 0 aliphatic carbocycles. The van der Waals surface area contributed by atoms with Gasteiger partial charge in [-0.05, 0) is 82.0 Å². The second kappa shape index (κ2) is 10.9. The van der Waals surface area contributed by atoms with Crippen molar-refractivity contribution in [1.82, 2.24) is 10.2 Å². The van der Waals surface area contributed by atoms with Crippen LogP contribution in [0.3, 0.4) is 0 Å². The van der Waals surface area contributed by atoms with E-state index in [1.807, 2.05) is 40.7 Å². The van der Waals surface area contributed by atoms with Crippen molar-refractivity contribution in [2.75, 3.05) is 6.61 Å². The third-order valence-corrected chi connectivity index (χ3v) is 5.66. The Labute approximate surface area is 194 Å². The number of benzene rings is 2.